The molecule has 0 aliphatic heterocycles. The van der Waals surface area contributed by atoms with Gasteiger partial charge in [0.1, 0.15) is 0 Å². The second-order valence-electron chi connectivity index (χ2n) is 15.3. The molecule has 7 aromatic carbocycles. The number of nitrogens with zero attached hydrogens (tertiary/aromatic N) is 2. The van der Waals surface area contributed by atoms with E-state index in [0.29, 0.717) is 5.92 Å². The molecule has 9 aromatic rings. The van der Waals surface area contributed by atoms with Crippen molar-refractivity contribution in [1.29, 1.82) is 0 Å². The summed E-state index contributed by atoms with van der Waals surface area (Å²) in [5.41, 5.74) is 16.7. The first-order valence-corrected chi connectivity index (χ1v) is 18.8. The molecule has 2 heteroatoms. The van der Waals surface area contributed by atoms with Gasteiger partial charge in [-0.2, -0.15) is 0 Å². The highest BCUT2D eigenvalue weighted by molar-refractivity contribution is 6.13. The maximum atomic E-state index is 2.46. The van der Waals surface area contributed by atoms with E-state index in [1.807, 2.05) is 0 Å². The summed E-state index contributed by atoms with van der Waals surface area (Å²) in [5, 5.41) is 5.11. The molecule has 1 atom stereocenters. The number of benzene rings is 7. The van der Waals surface area contributed by atoms with Crippen LogP contribution in [0.25, 0.3) is 77.2 Å². The molecule has 0 spiro atoms. The van der Waals surface area contributed by atoms with Gasteiger partial charge >= 0.3 is 0 Å². The first-order valence-electron chi connectivity index (χ1n) is 18.8. The minimum absolute atomic E-state index is 0.0516. The second-order valence-corrected chi connectivity index (χ2v) is 15.3. The highest BCUT2D eigenvalue weighted by atomic mass is 15.0. The minimum atomic E-state index is -0.0516. The molecule has 0 saturated carbocycles. The fourth-order valence-electron chi connectivity index (χ4n) is 9.41. The smallest absolute Gasteiger partial charge is 0.0541 e. The zero-order valence-corrected chi connectivity index (χ0v) is 29.9. The monoisotopic (exact) mass is 678 g/mol. The van der Waals surface area contributed by atoms with Crippen molar-refractivity contribution in [2.45, 2.75) is 31.6 Å². The number of allylic oxidation sites excluding steroid dienone is 4. The summed E-state index contributed by atoms with van der Waals surface area (Å²) in [6.45, 7) is 4.72. The largest absolute Gasteiger partial charge is 0.310 e. The number of hydrogen-bond donors (Lipinski definition) is 0. The van der Waals surface area contributed by atoms with Gasteiger partial charge in [-0.3, -0.25) is 0 Å². The van der Waals surface area contributed by atoms with Crippen molar-refractivity contribution in [2.24, 2.45) is 0 Å². The predicted octanol–water partition coefficient (Wildman–Crippen LogP) is 13.4. The molecule has 0 saturated heterocycles. The number of para-hydroxylation sites is 2. The Morgan fingerprint density at radius 1 is 0.491 bits per heavy atom. The summed E-state index contributed by atoms with van der Waals surface area (Å²) in [4.78, 5) is 0. The average molecular weight is 679 g/mol. The van der Waals surface area contributed by atoms with Crippen LogP contribution in [0.4, 0.5) is 0 Å². The van der Waals surface area contributed by atoms with Gasteiger partial charge in [-0.15, -0.1) is 0 Å². The molecule has 252 valence electrons. The standard InChI is InChI=1S/C51H38N2/c1-51(2)45-17-9-6-14-39(45)40-27-26-38(32-46(40)51)53-48-19-11-8-16-42(48)44-31-36(23-29-50(44)53)35-22-28-49-43(30-35)41-15-7-10-18-47(41)52(49)37-24-20-34(21-25-37)33-12-4-3-5-13-33/h3-20,22-32,34H,21H2,1-2H3. The van der Waals surface area contributed by atoms with Gasteiger partial charge in [0.05, 0.1) is 22.1 Å². The lowest BCUT2D eigenvalue weighted by molar-refractivity contribution is 0.660. The van der Waals surface area contributed by atoms with E-state index in [1.165, 1.54) is 93.9 Å². The summed E-state index contributed by atoms with van der Waals surface area (Å²) in [7, 11) is 0. The van der Waals surface area contributed by atoms with Crippen LogP contribution < -0.4 is 0 Å². The van der Waals surface area contributed by atoms with Crippen LogP contribution in [0, 0.1) is 0 Å². The summed E-state index contributed by atoms with van der Waals surface area (Å²) in [6, 6.07) is 58.5. The Balaban J connectivity index is 1.02. The third kappa shape index (κ3) is 4.45. The van der Waals surface area contributed by atoms with Gasteiger partial charge in [-0.1, -0.05) is 135 Å². The van der Waals surface area contributed by atoms with Crippen LogP contribution >= 0.6 is 0 Å². The van der Waals surface area contributed by atoms with Crippen LogP contribution in [-0.2, 0) is 5.41 Å². The molecule has 0 N–H and O–H groups in total. The molecule has 2 nitrogen and oxygen atoms in total. The number of hydrogen-bond acceptors (Lipinski definition) is 0. The molecule has 0 bridgehead atoms. The van der Waals surface area contributed by atoms with Gasteiger partial charge < -0.3 is 9.13 Å². The lowest BCUT2D eigenvalue weighted by Crippen LogP contribution is -2.15. The zero-order chi connectivity index (χ0) is 35.3. The Morgan fingerprint density at radius 3 is 1.77 bits per heavy atom. The van der Waals surface area contributed by atoms with Crippen LogP contribution in [0.15, 0.2) is 176 Å². The Hall–Kier alpha value is -6.38. The summed E-state index contributed by atoms with van der Waals surface area (Å²) in [6.07, 6.45) is 8.08. The van der Waals surface area contributed by atoms with Crippen molar-refractivity contribution in [3.05, 3.63) is 193 Å². The molecule has 2 aliphatic rings. The zero-order valence-electron chi connectivity index (χ0n) is 29.9. The van der Waals surface area contributed by atoms with Gasteiger partial charge in [0.2, 0.25) is 0 Å². The molecule has 2 aliphatic carbocycles. The molecule has 1 unspecified atom stereocenters. The maximum Gasteiger partial charge on any atom is 0.0541 e. The van der Waals surface area contributed by atoms with Gasteiger partial charge in [-0.25, -0.2) is 0 Å². The van der Waals surface area contributed by atoms with E-state index in [4.69, 9.17) is 0 Å². The number of rotatable bonds is 4. The van der Waals surface area contributed by atoms with E-state index in [9.17, 15) is 0 Å². The average Bonchev–Trinajstić information content (AvgIpc) is 3.81. The van der Waals surface area contributed by atoms with Gasteiger partial charge in [0.15, 0.2) is 0 Å². The SMILES string of the molecule is CC1(C)c2ccccc2-c2ccc(-n3c4ccccc4c4cc(-c5ccc6c(c5)c5ccccc5n6C5=CCC(c6ccccc6)C=C5)ccc43)cc21. The molecule has 0 amide bonds. The topological polar surface area (TPSA) is 9.86 Å². The lowest BCUT2D eigenvalue weighted by Gasteiger charge is -2.22. The molecule has 53 heavy (non-hydrogen) atoms. The van der Waals surface area contributed by atoms with Crippen molar-refractivity contribution >= 4 is 49.3 Å². The molecule has 0 radical (unpaired) electrons. The first kappa shape index (κ1) is 30.3. The fourth-order valence-corrected chi connectivity index (χ4v) is 9.41. The fraction of sp³-hybridized carbons (Fsp3) is 0.0980. The van der Waals surface area contributed by atoms with Crippen LogP contribution in [0.5, 0.6) is 0 Å². The minimum Gasteiger partial charge on any atom is -0.310 e. The Kier molecular flexibility index (Phi) is 6.46. The van der Waals surface area contributed by atoms with E-state index in [-0.39, 0.29) is 5.41 Å². The Morgan fingerprint density at radius 2 is 1.08 bits per heavy atom. The molecular weight excluding hydrogens is 641 g/mol. The van der Waals surface area contributed by atoms with Crippen LogP contribution in [0.2, 0.25) is 0 Å². The quantitative estimate of drug-likeness (QED) is 0.175. The van der Waals surface area contributed by atoms with E-state index in [2.05, 4.69) is 199 Å². The normalized spacial score (nSPS) is 16.0. The Bertz CT molecular complexity index is 3000. The van der Waals surface area contributed by atoms with Gasteiger partial charge in [0, 0.05) is 44.3 Å². The van der Waals surface area contributed by atoms with E-state index in [1.54, 1.807) is 0 Å². The van der Waals surface area contributed by atoms with E-state index in [0.717, 1.165) is 6.42 Å². The van der Waals surface area contributed by atoms with Gasteiger partial charge in [0.25, 0.3) is 0 Å². The third-order valence-corrected chi connectivity index (χ3v) is 12.1. The van der Waals surface area contributed by atoms with Crippen molar-refractivity contribution in [3.8, 4) is 27.9 Å². The number of aromatic nitrogens is 2. The first-order chi connectivity index (χ1) is 26.0. The maximum absolute atomic E-state index is 2.46. The third-order valence-electron chi connectivity index (χ3n) is 12.1. The number of fused-ring (bicyclic) bond motifs is 9. The molecule has 11 rings (SSSR count). The lowest BCUT2D eigenvalue weighted by atomic mass is 9.82. The second kappa shape index (κ2) is 11.3. The molecule has 2 aromatic heterocycles. The van der Waals surface area contributed by atoms with E-state index >= 15 is 0 Å². The summed E-state index contributed by atoms with van der Waals surface area (Å²) >= 11 is 0. The predicted molar refractivity (Wildman–Crippen MR) is 224 cm³/mol. The van der Waals surface area contributed by atoms with Crippen molar-refractivity contribution in [2.75, 3.05) is 0 Å². The van der Waals surface area contributed by atoms with Crippen LogP contribution in [-0.4, -0.2) is 9.13 Å². The van der Waals surface area contributed by atoms with Crippen molar-refractivity contribution in [3.63, 3.8) is 0 Å². The molecule has 0 fully saturated rings. The summed E-state index contributed by atoms with van der Waals surface area (Å²) in [5.74, 6) is 0.409. The van der Waals surface area contributed by atoms with Crippen LogP contribution in [0.1, 0.15) is 42.9 Å². The van der Waals surface area contributed by atoms with E-state index < -0.39 is 0 Å². The van der Waals surface area contributed by atoms with Crippen molar-refractivity contribution < 1.29 is 0 Å². The Labute approximate surface area is 309 Å². The molecule has 2 heterocycles. The summed E-state index contributed by atoms with van der Waals surface area (Å²) < 4.78 is 4.90. The molecular formula is C51H38N2. The van der Waals surface area contributed by atoms with Gasteiger partial charge in [-0.05, 0) is 100.0 Å². The van der Waals surface area contributed by atoms with Crippen LogP contribution in [0.3, 0.4) is 0 Å². The highest BCUT2D eigenvalue weighted by Gasteiger charge is 2.35. The van der Waals surface area contributed by atoms with Crippen molar-refractivity contribution in [1.82, 2.24) is 9.13 Å². The highest BCUT2D eigenvalue weighted by Crippen LogP contribution is 2.49.